The topological polar surface area (TPSA) is 49.7 Å². The molecule has 1 saturated carbocycles. The Morgan fingerprint density at radius 2 is 2.00 bits per heavy atom. The summed E-state index contributed by atoms with van der Waals surface area (Å²) in [4.78, 5) is 14.4. The molecule has 2 rings (SSSR count). The summed E-state index contributed by atoms with van der Waals surface area (Å²) >= 11 is 0. The zero-order valence-corrected chi connectivity index (χ0v) is 11.5. The second-order valence-electron chi connectivity index (χ2n) is 5.55. The number of phenolic OH excluding ortho intramolecular Hbond substituents is 1. The van der Waals surface area contributed by atoms with Crippen LogP contribution in [-0.2, 0) is 10.3 Å². The largest absolute Gasteiger partial charge is 0.507 e. The van der Waals surface area contributed by atoms with Crippen LogP contribution in [0.2, 0.25) is 0 Å². The molecule has 108 valence electrons. The van der Waals surface area contributed by atoms with Gasteiger partial charge >= 0.3 is 0 Å². The Balaban J connectivity index is 2.65. The third-order valence-corrected chi connectivity index (χ3v) is 4.01. The number of aromatic hydroxyl groups is 1. The maximum absolute atomic E-state index is 13.1. The van der Waals surface area contributed by atoms with Crippen molar-refractivity contribution in [1.29, 1.82) is 0 Å². The van der Waals surface area contributed by atoms with Crippen LogP contribution in [0.1, 0.15) is 62.1 Å². The molecule has 0 heterocycles. The molecule has 1 aromatic rings. The molecule has 5 heteroatoms. The number of aliphatic imine (C=N–C) groups is 1. The van der Waals surface area contributed by atoms with Gasteiger partial charge < -0.3 is 5.11 Å². The fraction of sp³-hybridized carbons (Fsp3) is 0.533. The summed E-state index contributed by atoms with van der Waals surface area (Å²) in [5.74, 6) is -0.396. The number of hydrogen-bond donors (Lipinski definition) is 1. The third kappa shape index (κ3) is 2.34. The van der Waals surface area contributed by atoms with E-state index >= 15 is 0 Å². The number of benzene rings is 1. The van der Waals surface area contributed by atoms with Crippen molar-refractivity contribution in [2.75, 3.05) is 0 Å². The fourth-order valence-corrected chi connectivity index (χ4v) is 2.57. The minimum absolute atomic E-state index is 0.0455. The van der Waals surface area contributed by atoms with Crippen LogP contribution < -0.4 is 0 Å². The molecule has 1 aliphatic rings. The SMILES string of the molecule is CC(C)c1cc(C(F)F)c(O)c(C2(N=C=O)CCC2)c1. The van der Waals surface area contributed by atoms with Crippen molar-refractivity contribution in [2.45, 2.75) is 51.0 Å². The maximum Gasteiger partial charge on any atom is 0.267 e. The lowest BCUT2D eigenvalue weighted by Gasteiger charge is -2.38. The molecule has 0 atom stereocenters. The van der Waals surface area contributed by atoms with Crippen molar-refractivity contribution in [3.63, 3.8) is 0 Å². The summed E-state index contributed by atoms with van der Waals surface area (Å²) in [6, 6.07) is 3.01. The average Bonchev–Trinajstić information content (AvgIpc) is 2.33. The number of alkyl halides is 2. The predicted molar refractivity (Wildman–Crippen MR) is 70.8 cm³/mol. The van der Waals surface area contributed by atoms with Gasteiger partial charge in [0.25, 0.3) is 6.43 Å². The van der Waals surface area contributed by atoms with Crippen LogP contribution in [0.25, 0.3) is 0 Å². The number of halogens is 2. The molecular weight excluding hydrogens is 264 g/mol. The molecule has 0 aromatic heterocycles. The summed E-state index contributed by atoms with van der Waals surface area (Å²) in [5, 5.41) is 10.1. The summed E-state index contributed by atoms with van der Waals surface area (Å²) in [7, 11) is 0. The van der Waals surface area contributed by atoms with E-state index < -0.39 is 23.3 Å². The molecular formula is C15H17F2NO2. The first-order valence-corrected chi connectivity index (χ1v) is 6.66. The molecule has 0 unspecified atom stereocenters. The number of nitrogens with zero attached hydrogens (tertiary/aromatic N) is 1. The van der Waals surface area contributed by atoms with Crippen molar-refractivity contribution in [1.82, 2.24) is 0 Å². The Morgan fingerprint density at radius 1 is 1.35 bits per heavy atom. The third-order valence-electron chi connectivity index (χ3n) is 4.01. The number of hydrogen-bond acceptors (Lipinski definition) is 3. The highest BCUT2D eigenvalue weighted by Gasteiger charge is 2.42. The Labute approximate surface area is 116 Å². The van der Waals surface area contributed by atoms with Crippen LogP contribution in [0, 0.1) is 0 Å². The molecule has 0 aliphatic heterocycles. The lowest BCUT2D eigenvalue weighted by atomic mass is 9.71. The zero-order chi connectivity index (χ0) is 14.9. The van der Waals surface area contributed by atoms with Crippen molar-refractivity contribution in [3.05, 3.63) is 28.8 Å². The first-order chi connectivity index (χ1) is 9.41. The minimum Gasteiger partial charge on any atom is -0.507 e. The quantitative estimate of drug-likeness (QED) is 0.665. The lowest BCUT2D eigenvalue weighted by molar-refractivity contribution is 0.146. The molecule has 1 aromatic carbocycles. The van der Waals surface area contributed by atoms with Gasteiger partial charge in [0, 0.05) is 5.56 Å². The van der Waals surface area contributed by atoms with E-state index in [1.165, 1.54) is 12.1 Å². The monoisotopic (exact) mass is 281 g/mol. The van der Waals surface area contributed by atoms with E-state index in [1.54, 1.807) is 6.07 Å². The lowest BCUT2D eigenvalue weighted by Crippen LogP contribution is -2.32. The Hall–Kier alpha value is -1.74. The molecule has 0 amide bonds. The Bertz CT molecular complexity index is 559. The Kier molecular flexibility index (Phi) is 3.91. The number of isocyanates is 1. The van der Waals surface area contributed by atoms with E-state index in [4.69, 9.17) is 0 Å². The van der Waals surface area contributed by atoms with E-state index in [9.17, 15) is 18.7 Å². The van der Waals surface area contributed by atoms with Gasteiger partial charge in [0.1, 0.15) is 11.3 Å². The summed E-state index contributed by atoms with van der Waals surface area (Å²) < 4.78 is 26.2. The molecule has 0 saturated heterocycles. The van der Waals surface area contributed by atoms with Crippen LogP contribution in [0.3, 0.4) is 0 Å². The molecule has 0 radical (unpaired) electrons. The highest BCUT2D eigenvalue weighted by atomic mass is 19.3. The number of phenols is 1. The van der Waals surface area contributed by atoms with Gasteiger partial charge in [-0.2, -0.15) is 4.99 Å². The van der Waals surface area contributed by atoms with Gasteiger partial charge in [-0.1, -0.05) is 13.8 Å². The van der Waals surface area contributed by atoms with Crippen LogP contribution in [0.15, 0.2) is 17.1 Å². The average molecular weight is 281 g/mol. The van der Waals surface area contributed by atoms with E-state index in [0.29, 0.717) is 24.0 Å². The standard InChI is InChI=1S/C15H17F2NO2/c1-9(2)10-6-11(14(16)17)13(20)12(7-10)15(18-8-19)4-3-5-15/h6-7,9,14,20H,3-5H2,1-2H3. The smallest absolute Gasteiger partial charge is 0.267 e. The fourth-order valence-electron chi connectivity index (χ4n) is 2.57. The molecule has 0 spiro atoms. The molecule has 0 bridgehead atoms. The first-order valence-electron chi connectivity index (χ1n) is 6.66. The van der Waals surface area contributed by atoms with Crippen molar-refractivity contribution >= 4 is 6.08 Å². The van der Waals surface area contributed by atoms with Crippen molar-refractivity contribution in [3.8, 4) is 5.75 Å². The normalized spacial score (nSPS) is 16.9. The second-order valence-corrected chi connectivity index (χ2v) is 5.55. The Morgan fingerprint density at radius 3 is 2.40 bits per heavy atom. The van der Waals surface area contributed by atoms with Gasteiger partial charge in [-0.25, -0.2) is 13.6 Å². The molecule has 20 heavy (non-hydrogen) atoms. The van der Waals surface area contributed by atoms with Gasteiger partial charge in [-0.15, -0.1) is 0 Å². The number of carbonyl (C=O) groups excluding carboxylic acids is 1. The second kappa shape index (κ2) is 5.33. The van der Waals surface area contributed by atoms with Gasteiger partial charge in [0.15, 0.2) is 0 Å². The highest BCUT2D eigenvalue weighted by molar-refractivity contribution is 5.51. The summed E-state index contributed by atoms with van der Waals surface area (Å²) in [6.45, 7) is 3.78. The van der Waals surface area contributed by atoms with E-state index in [0.717, 1.165) is 6.42 Å². The molecule has 3 nitrogen and oxygen atoms in total. The van der Waals surface area contributed by atoms with Gasteiger partial charge in [-0.05, 0) is 42.9 Å². The van der Waals surface area contributed by atoms with Crippen LogP contribution in [0.5, 0.6) is 5.75 Å². The van der Waals surface area contributed by atoms with Gasteiger partial charge in [0.05, 0.1) is 5.56 Å². The molecule has 1 fully saturated rings. The highest BCUT2D eigenvalue weighted by Crippen LogP contribution is 2.50. The minimum atomic E-state index is -2.76. The van der Waals surface area contributed by atoms with E-state index in [2.05, 4.69) is 4.99 Å². The van der Waals surface area contributed by atoms with Crippen LogP contribution >= 0.6 is 0 Å². The van der Waals surface area contributed by atoms with Gasteiger partial charge in [0.2, 0.25) is 6.08 Å². The van der Waals surface area contributed by atoms with E-state index in [1.807, 2.05) is 13.8 Å². The first kappa shape index (κ1) is 14.7. The maximum atomic E-state index is 13.1. The van der Waals surface area contributed by atoms with Crippen molar-refractivity contribution in [2.24, 2.45) is 4.99 Å². The summed E-state index contributed by atoms with van der Waals surface area (Å²) in [6.07, 6.45) is 0.737. The van der Waals surface area contributed by atoms with Crippen LogP contribution in [0.4, 0.5) is 8.78 Å². The molecule has 1 N–H and O–H groups in total. The number of rotatable bonds is 4. The van der Waals surface area contributed by atoms with Crippen molar-refractivity contribution < 1.29 is 18.7 Å². The zero-order valence-electron chi connectivity index (χ0n) is 11.5. The summed E-state index contributed by atoms with van der Waals surface area (Å²) in [5.41, 5.74) is -0.229. The van der Waals surface area contributed by atoms with Gasteiger partial charge in [-0.3, -0.25) is 0 Å². The molecule has 1 aliphatic carbocycles. The predicted octanol–water partition coefficient (Wildman–Crippen LogP) is 4.17. The van der Waals surface area contributed by atoms with E-state index in [-0.39, 0.29) is 5.92 Å². The van der Waals surface area contributed by atoms with Crippen LogP contribution in [-0.4, -0.2) is 11.2 Å².